The maximum atomic E-state index is 12.4. The fraction of sp³-hybridized carbons (Fsp3) is 0.333. The molecule has 2 rings (SSSR count). The molecule has 4 nitrogen and oxygen atoms in total. The van der Waals surface area contributed by atoms with Gasteiger partial charge in [0.25, 0.3) is 10.0 Å². The van der Waals surface area contributed by atoms with Crippen LogP contribution in [0.2, 0.25) is 0 Å². The zero-order valence-corrected chi connectivity index (χ0v) is 14.0. The molecule has 0 unspecified atom stereocenters. The number of hydrogen-bond acceptors (Lipinski definition) is 4. The first-order chi connectivity index (χ1) is 9.92. The normalized spacial score (nSPS) is 11.8. The number of sulfonamides is 1. The van der Waals surface area contributed by atoms with Gasteiger partial charge < -0.3 is 5.32 Å². The van der Waals surface area contributed by atoms with E-state index in [1.165, 1.54) is 11.3 Å². The van der Waals surface area contributed by atoms with Gasteiger partial charge in [0.2, 0.25) is 0 Å². The van der Waals surface area contributed by atoms with Gasteiger partial charge in [-0.2, -0.15) is 0 Å². The van der Waals surface area contributed by atoms with Crippen LogP contribution in [0.15, 0.2) is 40.6 Å². The molecule has 0 aliphatic heterocycles. The summed E-state index contributed by atoms with van der Waals surface area (Å²) in [5, 5.41) is 3.01. The summed E-state index contributed by atoms with van der Waals surface area (Å²) in [6.45, 7) is 4.83. The van der Waals surface area contributed by atoms with Crippen LogP contribution in [0, 0.1) is 0 Å². The molecule has 0 spiro atoms. The molecule has 0 saturated heterocycles. The van der Waals surface area contributed by atoms with Gasteiger partial charge in [0, 0.05) is 17.1 Å². The lowest BCUT2D eigenvalue weighted by Gasteiger charge is -2.10. The highest BCUT2D eigenvalue weighted by atomic mass is 32.2. The average molecular weight is 324 g/mol. The Kier molecular flexibility index (Phi) is 5.03. The van der Waals surface area contributed by atoms with E-state index in [2.05, 4.69) is 23.9 Å². The maximum absolute atomic E-state index is 12.4. The molecule has 1 aromatic carbocycles. The number of rotatable bonds is 6. The van der Waals surface area contributed by atoms with Crippen molar-refractivity contribution in [2.45, 2.75) is 30.5 Å². The largest absolute Gasteiger partial charge is 0.315 e. The Morgan fingerprint density at radius 1 is 1.19 bits per heavy atom. The quantitative estimate of drug-likeness (QED) is 0.856. The molecule has 0 aliphatic rings. The second-order valence-electron chi connectivity index (χ2n) is 5.14. The number of thiophene rings is 1. The standard InChI is InChI=1S/C15H20N2O2S2/c1-11(2)12-5-4-6-13(9-12)17-21(18,19)15-8-7-14(20-15)10-16-3/h4-9,11,16-17H,10H2,1-3H3. The zero-order chi connectivity index (χ0) is 15.5. The first-order valence-electron chi connectivity index (χ1n) is 6.78. The molecule has 21 heavy (non-hydrogen) atoms. The van der Waals surface area contributed by atoms with E-state index in [0.717, 1.165) is 10.4 Å². The minimum Gasteiger partial charge on any atom is -0.315 e. The number of anilines is 1. The molecule has 1 heterocycles. The maximum Gasteiger partial charge on any atom is 0.271 e. The van der Waals surface area contributed by atoms with Crippen molar-refractivity contribution in [3.63, 3.8) is 0 Å². The lowest BCUT2D eigenvalue weighted by Crippen LogP contribution is -2.11. The highest BCUT2D eigenvalue weighted by Gasteiger charge is 2.17. The van der Waals surface area contributed by atoms with E-state index in [4.69, 9.17) is 0 Å². The molecule has 0 aliphatic carbocycles. The van der Waals surface area contributed by atoms with Crippen molar-refractivity contribution >= 4 is 27.0 Å². The monoisotopic (exact) mass is 324 g/mol. The Morgan fingerprint density at radius 2 is 1.95 bits per heavy atom. The third-order valence-electron chi connectivity index (χ3n) is 3.06. The van der Waals surface area contributed by atoms with Crippen molar-refractivity contribution in [2.24, 2.45) is 0 Å². The lowest BCUT2D eigenvalue weighted by molar-refractivity contribution is 0.603. The number of hydrogen-bond donors (Lipinski definition) is 2. The van der Waals surface area contributed by atoms with Crippen molar-refractivity contribution in [3.05, 3.63) is 46.8 Å². The van der Waals surface area contributed by atoms with Crippen molar-refractivity contribution < 1.29 is 8.42 Å². The summed E-state index contributed by atoms with van der Waals surface area (Å²) in [6.07, 6.45) is 0. The van der Waals surface area contributed by atoms with Crippen LogP contribution in [0.3, 0.4) is 0 Å². The molecule has 6 heteroatoms. The van der Waals surface area contributed by atoms with Crippen molar-refractivity contribution in [2.75, 3.05) is 11.8 Å². The molecule has 0 atom stereocenters. The van der Waals surface area contributed by atoms with Gasteiger partial charge in [0.15, 0.2) is 0 Å². The van der Waals surface area contributed by atoms with Crippen molar-refractivity contribution in [1.29, 1.82) is 0 Å². The van der Waals surface area contributed by atoms with Crippen LogP contribution in [-0.4, -0.2) is 15.5 Å². The van der Waals surface area contributed by atoms with Crippen molar-refractivity contribution in [1.82, 2.24) is 5.32 Å². The Balaban J connectivity index is 2.22. The number of benzene rings is 1. The van der Waals surface area contributed by atoms with Gasteiger partial charge in [-0.25, -0.2) is 8.42 Å². The lowest BCUT2D eigenvalue weighted by atomic mass is 10.0. The van der Waals surface area contributed by atoms with Crippen LogP contribution < -0.4 is 10.0 Å². The van der Waals surface area contributed by atoms with Crippen LogP contribution in [0.4, 0.5) is 5.69 Å². The molecule has 2 aromatic rings. The SMILES string of the molecule is CNCc1ccc(S(=O)(=O)Nc2cccc(C(C)C)c2)s1. The van der Waals surface area contributed by atoms with E-state index in [0.29, 0.717) is 22.4 Å². The fourth-order valence-electron chi connectivity index (χ4n) is 1.94. The molecule has 2 N–H and O–H groups in total. The Morgan fingerprint density at radius 3 is 2.62 bits per heavy atom. The molecule has 1 aromatic heterocycles. The third kappa shape index (κ3) is 4.06. The van der Waals surface area contributed by atoms with E-state index in [1.807, 2.05) is 31.3 Å². The molecule has 0 fully saturated rings. The van der Waals surface area contributed by atoms with Crippen molar-refractivity contribution in [3.8, 4) is 0 Å². The van der Waals surface area contributed by atoms with Crippen LogP contribution in [0.25, 0.3) is 0 Å². The average Bonchev–Trinajstić information content (AvgIpc) is 2.88. The van der Waals surface area contributed by atoms with Crippen LogP contribution in [0.5, 0.6) is 0 Å². The van der Waals surface area contributed by atoms with E-state index in [1.54, 1.807) is 12.1 Å². The minimum absolute atomic E-state index is 0.336. The topological polar surface area (TPSA) is 58.2 Å². The van der Waals surface area contributed by atoms with Gasteiger partial charge in [-0.3, -0.25) is 4.72 Å². The van der Waals surface area contributed by atoms with Crippen LogP contribution in [-0.2, 0) is 16.6 Å². The Hall–Kier alpha value is -1.37. The van der Waals surface area contributed by atoms with Crippen LogP contribution in [0.1, 0.15) is 30.2 Å². The second-order valence-corrected chi connectivity index (χ2v) is 8.21. The molecular weight excluding hydrogens is 304 g/mol. The molecule has 0 amide bonds. The predicted molar refractivity (Wildman–Crippen MR) is 88.4 cm³/mol. The van der Waals surface area contributed by atoms with E-state index < -0.39 is 10.0 Å². The predicted octanol–water partition coefficient (Wildman–Crippen LogP) is 3.39. The van der Waals surface area contributed by atoms with Gasteiger partial charge in [-0.05, 0) is 42.8 Å². The first-order valence-corrected chi connectivity index (χ1v) is 9.08. The van der Waals surface area contributed by atoms with Crippen LogP contribution >= 0.6 is 11.3 Å². The summed E-state index contributed by atoms with van der Waals surface area (Å²) in [5.41, 5.74) is 1.71. The van der Waals surface area contributed by atoms with Gasteiger partial charge in [-0.1, -0.05) is 26.0 Å². The molecule has 0 radical (unpaired) electrons. The summed E-state index contributed by atoms with van der Waals surface area (Å²) in [4.78, 5) is 0.994. The second kappa shape index (κ2) is 6.60. The molecular formula is C15H20N2O2S2. The van der Waals surface area contributed by atoms with Gasteiger partial charge >= 0.3 is 0 Å². The summed E-state index contributed by atoms with van der Waals surface area (Å²) >= 11 is 1.28. The Bertz CT molecular complexity index is 706. The molecule has 114 valence electrons. The van der Waals surface area contributed by atoms with Gasteiger partial charge in [0.1, 0.15) is 4.21 Å². The highest BCUT2D eigenvalue weighted by molar-refractivity contribution is 7.94. The first kappa shape index (κ1) is 16.0. The van der Waals surface area contributed by atoms with Gasteiger partial charge in [0.05, 0.1) is 0 Å². The molecule has 0 bridgehead atoms. The third-order valence-corrected chi connectivity index (χ3v) is 6.02. The minimum atomic E-state index is -3.51. The summed E-state index contributed by atoms with van der Waals surface area (Å²) in [7, 11) is -1.68. The summed E-state index contributed by atoms with van der Waals surface area (Å²) in [6, 6.07) is 11.0. The van der Waals surface area contributed by atoms with E-state index >= 15 is 0 Å². The number of nitrogens with one attached hydrogen (secondary N) is 2. The Labute approximate surface area is 130 Å². The smallest absolute Gasteiger partial charge is 0.271 e. The van der Waals surface area contributed by atoms with Gasteiger partial charge in [-0.15, -0.1) is 11.3 Å². The summed E-state index contributed by atoms with van der Waals surface area (Å²) in [5.74, 6) is 0.360. The summed E-state index contributed by atoms with van der Waals surface area (Å²) < 4.78 is 27.7. The highest BCUT2D eigenvalue weighted by Crippen LogP contribution is 2.25. The van der Waals surface area contributed by atoms with E-state index in [-0.39, 0.29) is 0 Å². The van der Waals surface area contributed by atoms with E-state index in [9.17, 15) is 8.42 Å². The zero-order valence-electron chi connectivity index (χ0n) is 12.4. The molecule has 0 saturated carbocycles. The fourth-order valence-corrected chi connectivity index (χ4v) is 4.36.